The van der Waals surface area contributed by atoms with Crippen molar-refractivity contribution in [3.63, 3.8) is 0 Å². The summed E-state index contributed by atoms with van der Waals surface area (Å²) >= 11 is 0. The van der Waals surface area contributed by atoms with Gasteiger partial charge in [0.15, 0.2) is 5.82 Å². The van der Waals surface area contributed by atoms with Gasteiger partial charge in [0.2, 0.25) is 5.91 Å². The molecular weight excluding hydrogens is 400 g/mol. The fraction of sp³-hybridized carbons (Fsp3) is 0.577. The summed E-state index contributed by atoms with van der Waals surface area (Å²) in [4.78, 5) is 25.2. The van der Waals surface area contributed by atoms with E-state index in [1.807, 2.05) is 18.2 Å². The first-order chi connectivity index (χ1) is 15.5. The molecule has 1 aliphatic carbocycles. The molecule has 1 amide bonds. The smallest absolute Gasteiger partial charge is 0.223 e. The zero-order valence-electron chi connectivity index (χ0n) is 19.3. The number of nitrogens with zero attached hydrogens (tertiary/aromatic N) is 3. The average molecular weight is 435 g/mol. The van der Waals surface area contributed by atoms with Gasteiger partial charge in [0.25, 0.3) is 0 Å². The van der Waals surface area contributed by atoms with Gasteiger partial charge < -0.3 is 15.0 Å². The molecule has 0 bridgehead atoms. The Morgan fingerprint density at radius 1 is 1.09 bits per heavy atom. The number of amides is 1. The van der Waals surface area contributed by atoms with Gasteiger partial charge in [0, 0.05) is 48.5 Å². The number of piperidine rings is 1. The van der Waals surface area contributed by atoms with Gasteiger partial charge in [-0.05, 0) is 58.8 Å². The summed E-state index contributed by atoms with van der Waals surface area (Å²) in [5, 5.41) is 3.31. The third-order valence-electron chi connectivity index (χ3n) is 7.15. The van der Waals surface area contributed by atoms with Crippen LogP contribution in [0, 0.1) is 5.92 Å². The van der Waals surface area contributed by atoms with Crippen LogP contribution in [0.4, 0.5) is 5.82 Å². The molecule has 3 heterocycles. The summed E-state index contributed by atoms with van der Waals surface area (Å²) in [5.41, 5.74) is 3.44. The van der Waals surface area contributed by atoms with Gasteiger partial charge in [0.1, 0.15) is 5.82 Å². The Bertz CT molecular complexity index is 967. The number of carbonyl (C=O) groups excluding carboxylic acids is 1. The highest BCUT2D eigenvalue weighted by atomic mass is 16.5. The van der Waals surface area contributed by atoms with E-state index in [0.717, 1.165) is 81.8 Å². The molecule has 1 N–H and O–H groups in total. The lowest BCUT2D eigenvalue weighted by Crippen LogP contribution is -2.49. The van der Waals surface area contributed by atoms with E-state index < -0.39 is 0 Å². The third kappa shape index (κ3) is 4.51. The van der Waals surface area contributed by atoms with Crippen LogP contribution < -0.4 is 10.2 Å². The second-order valence-electron chi connectivity index (χ2n) is 10.1. The van der Waals surface area contributed by atoms with E-state index in [-0.39, 0.29) is 23.5 Å². The molecule has 2 aromatic rings. The second kappa shape index (κ2) is 8.81. The van der Waals surface area contributed by atoms with E-state index in [9.17, 15) is 4.79 Å². The predicted molar refractivity (Wildman–Crippen MR) is 126 cm³/mol. The van der Waals surface area contributed by atoms with Crippen molar-refractivity contribution < 1.29 is 9.53 Å². The maximum Gasteiger partial charge on any atom is 0.223 e. The Hall–Kier alpha value is -2.47. The molecular formula is C26H34N4O2. The summed E-state index contributed by atoms with van der Waals surface area (Å²) in [7, 11) is 0. The predicted octanol–water partition coefficient (Wildman–Crippen LogP) is 3.92. The normalized spacial score (nSPS) is 23.1. The molecule has 0 saturated carbocycles. The molecule has 2 fully saturated rings. The number of aromatic nitrogens is 2. The highest BCUT2D eigenvalue weighted by Gasteiger charge is 2.33. The maximum absolute atomic E-state index is 13.0. The van der Waals surface area contributed by atoms with Crippen LogP contribution in [-0.4, -0.2) is 47.2 Å². The number of rotatable bonds is 4. The molecule has 2 aliphatic heterocycles. The monoisotopic (exact) mass is 434 g/mol. The average Bonchev–Trinajstić information content (AvgIpc) is 3.27. The molecule has 170 valence electrons. The van der Waals surface area contributed by atoms with Crippen LogP contribution in [0.2, 0.25) is 0 Å². The minimum atomic E-state index is -0.149. The van der Waals surface area contributed by atoms with Crippen LogP contribution in [0.1, 0.15) is 57.2 Å². The molecule has 0 spiro atoms. The number of nitrogens with one attached hydrogen (secondary N) is 1. The highest BCUT2D eigenvalue weighted by molar-refractivity contribution is 5.79. The minimum Gasteiger partial charge on any atom is -0.375 e. The largest absolute Gasteiger partial charge is 0.375 e. The number of fused-ring (bicyclic) bond motifs is 1. The molecule has 0 radical (unpaired) electrons. The lowest BCUT2D eigenvalue weighted by Gasteiger charge is -2.37. The molecule has 1 aromatic heterocycles. The van der Waals surface area contributed by atoms with Gasteiger partial charge in [0.05, 0.1) is 5.60 Å². The zero-order valence-corrected chi connectivity index (χ0v) is 19.3. The molecule has 5 rings (SSSR count). The van der Waals surface area contributed by atoms with Gasteiger partial charge in [-0.1, -0.05) is 30.3 Å². The van der Waals surface area contributed by atoms with Crippen molar-refractivity contribution in [1.82, 2.24) is 15.3 Å². The van der Waals surface area contributed by atoms with Crippen molar-refractivity contribution in [3.05, 3.63) is 41.6 Å². The van der Waals surface area contributed by atoms with E-state index >= 15 is 0 Å². The quantitative estimate of drug-likeness (QED) is 0.790. The minimum absolute atomic E-state index is 0.0840. The topological polar surface area (TPSA) is 67.4 Å². The number of benzene rings is 1. The summed E-state index contributed by atoms with van der Waals surface area (Å²) < 4.78 is 5.79. The summed E-state index contributed by atoms with van der Waals surface area (Å²) in [6.07, 6.45) is 6.77. The Morgan fingerprint density at radius 3 is 2.62 bits per heavy atom. The molecule has 6 heteroatoms. The summed E-state index contributed by atoms with van der Waals surface area (Å²) in [5.74, 6) is 2.21. The summed E-state index contributed by atoms with van der Waals surface area (Å²) in [6.45, 7) is 6.67. The maximum atomic E-state index is 13.0. The number of hydrogen-bond acceptors (Lipinski definition) is 5. The zero-order chi connectivity index (χ0) is 22.1. The molecule has 1 atom stereocenters. The SMILES string of the molecule is CC1(C)CC(NC(=O)C2CCN(c3nc(-c4ccccc4)nc4c3CCC4)CC2)CCO1. The van der Waals surface area contributed by atoms with Crippen molar-refractivity contribution in [3.8, 4) is 11.4 Å². The standard InChI is InChI=1S/C26H34N4O2/c1-26(2)17-20(13-16-32-26)27-25(31)19-11-14-30(15-12-19)24-21-9-6-10-22(21)28-23(29-24)18-7-4-3-5-8-18/h3-5,7-8,19-20H,6,9-17H2,1-2H3,(H,27,31). The number of aryl methyl sites for hydroxylation is 1. The summed E-state index contributed by atoms with van der Waals surface area (Å²) in [6, 6.07) is 10.5. The van der Waals surface area contributed by atoms with Crippen LogP contribution in [0.5, 0.6) is 0 Å². The third-order valence-corrected chi connectivity index (χ3v) is 7.15. The van der Waals surface area contributed by atoms with Crippen LogP contribution in [0.3, 0.4) is 0 Å². The van der Waals surface area contributed by atoms with Crippen LogP contribution in [-0.2, 0) is 22.4 Å². The van der Waals surface area contributed by atoms with E-state index in [2.05, 4.69) is 36.2 Å². The van der Waals surface area contributed by atoms with Gasteiger partial charge in [-0.15, -0.1) is 0 Å². The lowest BCUT2D eigenvalue weighted by atomic mass is 9.91. The Morgan fingerprint density at radius 2 is 1.88 bits per heavy atom. The molecule has 6 nitrogen and oxygen atoms in total. The van der Waals surface area contributed by atoms with Gasteiger partial charge >= 0.3 is 0 Å². The number of carbonyl (C=O) groups is 1. The van der Waals surface area contributed by atoms with Crippen molar-refractivity contribution in [2.24, 2.45) is 5.92 Å². The van der Waals surface area contributed by atoms with Gasteiger partial charge in [-0.2, -0.15) is 0 Å². The Kier molecular flexibility index (Phi) is 5.89. The van der Waals surface area contributed by atoms with Crippen molar-refractivity contribution >= 4 is 11.7 Å². The highest BCUT2D eigenvalue weighted by Crippen LogP contribution is 2.33. The first-order valence-corrected chi connectivity index (χ1v) is 12.1. The molecule has 3 aliphatic rings. The number of ether oxygens (including phenoxy) is 1. The fourth-order valence-electron chi connectivity index (χ4n) is 5.42. The molecule has 1 aromatic carbocycles. The van der Waals surface area contributed by atoms with Gasteiger partial charge in [-0.25, -0.2) is 9.97 Å². The van der Waals surface area contributed by atoms with Crippen LogP contribution in [0.25, 0.3) is 11.4 Å². The van der Waals surface area contributed by atoms with Crippen LogP contribution in [0.15, 0.2) is 30.3 Å². The molecule has 1 unspecified atom stereocenters. The van der Waals surface area contributed by atoms with Crippen molar-refractivity contribution in [2.45, 2.75) is 70.4 Å². The fourth-order valence-corrected chi connectivity index (χ4v) is 5.42. The van der Waals surface area contributed by atoms with Crippen molar-refractivity contribution in [2.75, 3.05) is 24.6 Å². The van der Waals surface area contributed by atoms with Crippen molar-refractivity contribution in [1.29, 1.82) is 0 Å². The molecule has 2 saturated heterocycles. The van der Waals surface area contributed by atoms with E-state index in [1.54, 1.807) is 0 Å². The first-order valence-electron chi connectivity index (χ1n) is 12.1. The Balaban J connectivity index is 1.26. The Labute approximate surface area is 190 Å². The van der Waals surface area contributed by atoms with E-state index in [4.69, 9.17) is 14.7 Å². The number of hydrogen-bond donors (Lipinski definition) is 1. The van der Waals surface area contributed by atoms with Gasteiger partial charge in [-0.3, -0.25) is 4.79 Å². The first kappa shape index (κ1) is 21.4. The van der Waals surface area contributed by atoms with Crippen LogP contribution >= 0.6 is 0 Å². The molecule has 32 heavy (non-hydrogen) atoms. The van der Waals surface area contributed by atoms with E-state index in [1.165, 1.54) is 11.3 Å². The van der Waals surface area contributed by atoms with E-state index in [0.29, 0.717) is 0 Å². The lowest BCUT2D eigenvalue weighted by molar-refractivity contribution is -0.128. The number of anilines is 1. The second-order valence-corrected chi connectivity index (χ2v) is 10.1.